The van der Waals surface area contributed by atoms with E-state index in [-0.39, 0.29) is 37.8 Å². The maximum absolute atomic E-state index is 12.5. The van der Waals surface area contributed by atoms with Crippen molar-refractivity contribution < 1.29 is 37.3 Å². The molecule has 45 heavy (non-hydrogen) atoms. The van der Waals surface area contributed by atoms with Crippen LogP contribution in [0.15, 0.2) is 11.6 Å². The molecule has 9 atom stereocenters. The summed E-state index contributed by atoms with van der Waals surface area (Å²) >= 11 is 0. The van der Waals surface area contributed by atoms with Gasteiger partial charge in [-0.2, -0.15) is 0 Å². The van der Waals surface area contributed by atoms with Crippen LogP contribution in [0.5, 0.6) is 0 Å². The molecule has 0 heterocycles. The van der Waals surface area contributed by atoms with E-state index in [1.807, 2.05) is 21.1 Å². The Morgan fingerprint density at radius 3 is 2.42 bits per heavy atom. The van der Waals surface area contributed by atoms with Crippen LogP contribution in [0.3, 0.4) is 0 Å². The summed E-state index contributed by atoms with van der Waals surface area (Å²) in [5, 5.41) is 0. The fourth-order valence-electron chi connectivity index (χ4n) is 9.78. The number of fused-ring (bicyclic) bond motifs is 5. The second-order valence-electron chi connectivity index (χ2n) is 16.9. The molecule has 0 amide bonds. The molecule has 260 valence electrons. The van der Waals surface area contributed by atoms with E-state index in [0.29, 0.717) is 16.4 Å². The Bertz CT molecular complexity index is 1070. The number of nitrogens with zero attached hydrogens (tertiary/aromatic N) is 1. The predicted octanol–water partition coefficient (Wildman–Crippen LogP) is 8.78. The topological polar surface area (TPSA) is 91.3 Å². The molecule has 0 aromatic heterocycles. The van der Waals surface area contributed by atoms with E-state index in [1.165, 1.54) is 56.9 Å². The van der Waals surface area contributed by atoms with Gasteiger partial charge in [-0.25, -0.2) is 9.36 Å². The van der Waals surface area contributed by atoms with Gasteiger partial charge in [0.15, 0.2) is 0 Å². The standard InChI is InChI=1S/C36H64NO7P/c1-26(2)11-9-12-27(3)31-15-16-32-30-14-13-28-25-29(17-19-35(28,4)33(30)18-20-36(31,32)5)44-34(38)41-22-10-23-42-45(39,40)43-24-21-37(6,7)8/h13,26-27,29-33H,9-12,14-25H2,1-8H3/p+1/t27-,29?,30+,31-,32+,33+,35+,36-/m1/s1. The largest absolute Gasteiger partial charge is 0.508 e. The van der Waals surface area contributed by atoms with E-state index in [2.05, 4.69) is 40.7 Å². The number of rotatable bonds is 15. The van der Waals surface area contributed by atoms with Gasteiger partial charge in [0.25, 0.3) is 0 Å². The Kier molecular flexibility index (Phi) is 12.4. The van der Waals surface area contributed by atoms with Crippen LogP contribution in [0, 0.1) is 46.3 Å². The summed E-state index contributed by atoms with van der Waals surface area (Å²) in [6.45, 7) is 13.1. The Labute approximate surface area is 274 Å². The van der Waals surface area contributed by atoms with Gasteiger partial charge in [0.1, 0.15) is 19.3 Å². The molecule has 8 nitrogen and oxygen atoms in total. The van der Waals surface area contributed by atoms with Gasteiger partial charge < -0.3 is 18.9 Å². The molecule has 0 spiro atoms. The van der Waals surface area contributed by atoms with Crippen LogP contribution in [0.1, 0.15) is 112 Å². The number of allylic oxidation sites excluding steroid dienone is 1. The molecule has 0 saturated heterocycles. The van der Waals surface area contributed by atoms with Gasteiger partial charge in [-0.05, 0) is 91.3 Å². The lowest BCUT2D eigenvalue weighted by atomic mass is 9.47. The molecule has 3 saturated carbocycles. The molecule has 4 aliphatic rings. The van der Waals surface area contributed by atoms with Crippen LogP contribution < -0.4 is 0 Å². The third kappa shape index (κ3) is 9.37. The van der Waals surface area contributed by atoms with Crippen LogP contribution in [-0.2, 0) is 23.1 Å². The van der Waals surface area contributed by atoms with Crippen molar-refractivity contribution in [3.05, 3.63) is 11.6 Å². The molecule has 0 aliphatic heterocycles. The third-order valence-electron chi connectivity index (χ3n) is 12.3. The van der Waals surface area contributed by atoms with Gasteiger partial charge in [-0.3, -0.25) is 9.05 Å². The predicted molar refractivity (Wildman–Crippen MR) is 179 cm³/mol. The van der Waals surface area contributed by atoms with Gasteiger partial charge in [0, 0.05) is 12.8 Å². The molecule has 0 radical (unpaired) electrons. The normalized spacial score (nSPS) is 35.1. The zero-order valence-electron chi connectivity index (χ0n) is 29.7. The van der Waals surface area contributed by atoms with Crippen molar-refractivity contribution >= 4 is 14.0 Å². The van der Waals surface area contributed by atoms with Crippen molar-refractivity contribution in [2.75, 3.05) is 47.5 Å². The van der Waals surface area contributed by atoms with Crippen LogP contribution in [-0.4, -0.2) is 69.1 Å². The maximum Gasteiger partial charge on any atom is 0.508 e. The number of hydrogen-bond donors (Lipinski definition) is 1. The number of carbonyl (C=O) groups excluding carboxylic acids is 1. The molecule has 4 rings (SSSR count). The van der Waals surface area contributed by atoms with E-state index in [1.54, 1.807) is 0 Å². The van der Waals surface area contributed by atoms with Gasteiger partial charge >= 0.3 is 14.0 Å². The second-order valence-corrected chi connectivity index (χ2v) is 18.3. The highest BCUT2D eigenvalue weighted by Crippen LogP contribution is 2.67. The summed E-state index contributed by atoms with van der Waals surface area (Å²) in [4.78, 5) is 22.3. The van der Waals surface area contributed by atoms with Crippen LogP contribution >= 0.6 is 7.82 Å². The van der Waals surface area contributed by atoms with E-state index in [4.69, 9.17) is 18.5 Å². The van der Waals surface area contributed by atoms with E-state index in [0.717, 1.165) is 54.8 Å². The molecule has 9 heteroatoms. The summed E-state index contributed by atoms with van der Waals surface area (Å²) in [7, 11) is 1.81. The number of likely N-dealkylation sites (N-methyl/N-ethyl adjacent to an activating group) is 1. The molecular formula is C36H65NO7P+. The zero-order chi connectivity index (χ0) is 33.0. The van der Waals surface area contributed by atoms with Crippen LogP contribution in [0.25, 0.3) is 0 Å². The lowest BCUT2D eigenvalue weighted by Crippen LogP contribution is -2.51. The number of phosphoric acid groups is 1. The third-order valence-corrected chi connectivity index (χ3v) is 13.3. The minimum atomic E-state index is -4.12. The summed E-state index contributed by atoms with van der Waals surface area (Å²) < 4.78 is 33.7. The fourth-order valence-corrected chi connectivity index (χ4v) is 10.5. The summed E-state index contributed by atoms with van der Waals surface area (Å²) in [5.74, 6) is 4.86. The van der Waals surface area contributed by atoms with Crippen molar-refractivity contribution in [3.63, 3.8) is 0 Å². The first kappa shape index (κ1) is 36.9. The molecule has 2 unspecified atom stereocenters. The van der Waals surface area contributed by atoms with Crippen LogP contribution in [0.4, 0.5) is 4.79 Å². The smallest absolute Gasteiger partial charge is 0.434 e. The Hall–Kier alpha value is -0.920. The molecule has 1 N–H and O–H groups in total. The maximum atomic E-state index is 12.5. The van der Waals surface area contributed by atoms with E-state index >= 15 is 0 Å². The molecule has 3 fully saturated rings. The minimum absolute atomic E-state index is 0.0412. The summed E-state index contributed by atoms with van der Waals surface area (Å²) in [6.07, 6.45) is 15.5. The average Bonchev–Trinajstić information content (AvgIpc) is 3.29. The lowest BCUT2D eigenvalue weighted by Gasteiger charge is -2.58. The zero-order valence-corrected chi connectivity index (χ0v) is 30.6. The van der Waals surface area contributed by atoms with Gasteiger partial charge in [-0.1, -0.05) is 65.5 Å². The van der Waals surface area contributed by atoms with Crippen molar-refractivity contribution in [1.82, 2.24) is 0 Å². The van der Waals surface area contributed by atoms with Gasteiger partial charge in [0.05, 0.1) is 34.4 Å². The first-order chi connectivity index (χ1) is 21.0. The van der Waals surface area contributed by atoms with Crippen molar-refractivity contribution in [2.24, 2.45) is 46.3 Å². The fraction of sp³-hybridized carbons (Fsp3) is 0.917. The number of quaternary nitrogens is 1. The van der Waals surface area contributed by atoms with Crippen molar-refractivity contribution in [1.29, 1.82) is 0 Å². The van der Waals surface area contributed by atoms with E-state index < -0.39 is 14.0 Å². The van der Waals surface area contributed by atoms with Gasteiger partial charge in [-0.15, -0.1) is 0 Å². The molecular weight excluding hydrogens is 589 g/mol. The number of ether oxygens (including phenoxy) is 2. The summed E-state index contributed by atoms with van der Waals surface area (Å²) in [6, 6.07) is 0. The monoisotopic (exact) mass is 654 g/mol. The Balaban J connectivity index is 1.22. The molecule has 0 bridgehead atoms. The summed E-state index contributed by atoms with van der Waals surface area (Å²) in [5.41, 5.74) is 2.19. The van der Waals surface area contributed by atoms with Crippen molar-refractivity contribution in [2.45, 2.75) is 118 Å². The molecule has 0 aromatic carbocycles. The molecule has 4 aliphatic carbocycles. The van der Waals surface area contributed by atoms with Gasteiger partial charge in [0.2, 0.25) is 0 Å². The lowest BCUT2D eigenvalue weighted by molar-refractivity contribution is -0.870. The number of phosphoric ester groups is 1. The highest BCUT2D eigenvalue weighted by Gasteiger charge is 2.59. The van der Waals surface area contributed by atoms with E-state index in [9.17, 15) is 14.3 Å². The molecule has 0 aromatic rings. The number of carbonyl (C=O) groups is 1. The SMILES string of the molecule is CC(C)CCC[C@@H](C)[C@H]1CC[C@H]2[C@@H]3CC=C4CC(OC(=O)OCCCOP(=O)(O)OCC[N+](C)(C)C)CC[C@]4(C)[C@H]3CC[C@]12C. The average molecular weight is 655 g/mol. The minimum Gasteiger partial charge on any atom is -0.434 e. The van der Waals surface area contributed by atoms with Crippen LogP contribution in [0.2, 0.25) is 0 Å². The Morgan fingerprint density at radius 2 is 1.71 bits per heavy atom. The highest BCUT2D eigenvalue weighted by atomic mass is 31.2. The highest BCUT2D eigenvalue weighted by molar-refractivity contribution is 7.47. The quantitative estimate of drug-likeness (QED) is 0.0621. The van der Waals surface area contributed by atoms with Crippen molar-refractivity contribution in [3.8, 4) is 0 Å². The second kappa shape index (κ2) is 15.1. The Morgan fingerprint density at radius 1 is 0.978 bits per heavy atom. The number of hydrogen-bond acceptors (Lipinski definition) is 6. The first-order valence-electron chi connectivity index (χ1n) is 18.0. The first-order valence-corrected chi connectivity index (χ1v) is 19.5.